The van der Waals surface area contributed by atoms with Crippen molar-refractivity contribution in [3.05, 3.63) is 0 Å². The van der Waals surface area contributed by atoms with Gasteiger partial charge in [-0.3, -0.25) is 0 Å². The average Bonchev–Trinajstić information content (AvgIpc) is 2.35. The molecular formula is C16H35NO2. The predicted octanol–water partition coefficient (Wildman–Crippen LogP) is 3.57. The summed E-state index contributed by atoms with van der Waals surface area (Å²) in [7, 11) is 0. The van der Waals surface area contributed by atoms with Crippen molar-refractivity contribution < 1.29 is 10.2 Å². The molecule has 0 radical (unpaired) electrons. The molecule has 3 heteroatoms. The molecule has 3 nitrogen and oxygen atoms in total. The van der Waals surface area contributed by atoms with Gasteiger partial charge in [0.1, 0.15) is 0 Å². The van der Waals surface area contributed by atoms with Gasteiger partial charge >= 0.3 is 0 Å². The van der Waals surface area contributed by atoms with Gasteiger partial charge < -0.3 is 15.9 Å². The Morgan fingerprint density at radius 3 is 1.79 bits per heavy atom. The fourth-order valence-electron chi connectivity index (χ4n) is 2.48. The van der Waals surface area contributed by atoms with Crippen LogP contribution in [0.4, 0.5) is 0 Å². The lowest BCUT2D eigenvalue weighted by Crippen LogP contribution is -2.30. The van der Waals surface area contributed by atoms with Crippen molar-refractivity contribution in [3.8, 4) is 0 Å². The summed E-state index contributed by atoms with van der Waals surface area (Å²) >= 11 is 0. The van der Waals surface area contributed by atoms with Crippen LogP contribution in [0.25, 0.3) is 0 Å². The van der Waals surface area contributed by atoms with E-state index in [9.17, 15) is 0 Å². The van der Waals surface area contributed by atoms with Gasteiger partial charge in [-0.25, -0.2) is 0 Å². The zero-order valence-corrected chi connectivity index (χ0v) is 13.0. The Kier molecular flexibility index (Phi) is 12.8. The van der Waals surface area contributed by atoms with E-state index in [-0.39, 0.29) is 12.0 Å². The zero-order chi connectivity index (χ0) is 14.5. The average molecular weight is 273 g/mol. The quantitative estimate of drug-likeness (QED) is 0.355. The lowest BCUT2D eigenvalue weighted by atomic mass is 9.94. The third-order valence-corrected chi connectivity index (χ3v) is 3.95. The van der Waals surface area contributed by atoms with Crippen LogP contribution >= 0.6 is 0 Å². The van der Waals surface area contributed by atoms with Crippen LogP contribution in [0, 0.1) is 5.92 Å². The van der Waals surface area contributed by atoms with E-state index in [0.29, 0.717) is 6.42 Å². The maximum absolute atomic E-state index is 8.90. The summed E-state index contributed by atoms with van der Waals surface area (Å²) in [6.07, 6.45) is 12.1. The lowest BCUT2D eigenvalue weighted by Gasteiger charge is -2.20. The van der Waals surface area contributed by atoms with Crippen LogP contribution in [0.2, 0.25) is 0 Å². The molecule has 0 rings (SSSR count). The third kappa shape index (κ3) is 12.6. The summed E-state index contributed by atoms with van der Waals surface area (Å²) in [6, 6.07) is 0.103. The van der Waals surface area contributed by atoms with Crippen molar-refractivity contribution >= 4 is 0 Å². The van der Waals surface area contributed by atoms with Gasteiger partial charge in [-0.2, -0.15) is 0 Å². The molecule has 0 bridgehead atoms. The number of unbranched alkanes of at least 4 members (excludes halogenated alkanes) is 8. The van der Waals surface area contributed by atoms with Crippen molar-refractivity contribution in [1.29, 1.82) is 0 Å². The molecule has 2 unspecified atom stereocenters. The van der Waals surface area contributed by atoms with Crippen LogP contribution < -0.4 is 5.73 Å². The Morgan fingerprint density at radius 1 is 0.842 bits per heavy atom. The molecule has 0 aromatic heterocycles. The van der Waals surface area contributed by atoms with E-state index in [4.69, 9.17) is 15.9 Å². The minimum Gasteiger partial charge on any atom is -0.368 e. The highest BCUT2D eigenvalue weighted by atomic mass is 16.5. The fourth-order valence-corrected chi connectivity index (χ4v) is 2.48. The lowest BCUT2D eigenvalue weighted by molar-refractivity contribution is -0.0566. The summed E-state index contributed by atoms with van der Waals surface area (Å²) in [5.74, 6) is 0.189. The Morgan fingerprint density at radius 2 is 1.32 bits per heavy atom. The van der Waals surface area contributed by atoms with Crippen LogP contribution in [0.3, 0.4) is 0 Å². The molecule has 116 valence electrons. The van der Waals surface area contributed by atoms with Crippen molar-refractivity contribution in [1.82, 2.24) is 0 Å². The molecule has 0 heterocycles. The van der Waals surface area contributed by atoms with Crippen LogP contribution in [-0.4, -0.2) is 22.5 Å². The topological polar surface area (TPSA) is 66.5 Å². The van der Waals surface area contributed by atoms with Gasteiger partial charge in [-0.15, -0.1) is 0 Å². The van der Waals surface area contributed by atoms with Crippen LogP contribution in [-0.2, 0) is 0 Å². The molecule has 0 saturated carbocycles. The molecule has 19 heavy (non-hydrogen) atoms. The molecule has 4 N–H and O–H groups in total. The first kappa shape index (κ1) is 18.9. The summed E-state index contributed by atoms with van der Waals surface area (Å²) in [5, 5.41) is 17.8. The van der Waals surface area contributed by atoms with Crippen molar-refractivity contribution in [2.24, 2.45) is 11.7 Å². The summed E-state index contributed by atoms with van der Waals surface area (Å²) < 4.78 is 0. The Hall–Kier alpha value is -0.120. The molecule has 0 amide bonds. The molecule has 0 aliphatic carbocycles. The van der Waals surface area contributed by atoms with Gasteiger partial charge in [0.05, 0.1) is 0 Å². The second-order valence-corrected chi connectivity index (χ2v) is 5.97. The first-order chi connectivity index (χ1) is 9.07. The Bertz CT molecular complexity index is 186. The molecule has 0 aliphatic heterocycles. The van der Waals surface area contributed by atoms with Gasteiger partial charge in [-0.1, -0.05) is 71.6 Å². The summed E-state index contributed by atoms with van der Waals surface area (Å²) in [4.78, 5) is 0. The van der Waals surface area contributed by atoms with Gasteiger partial charge in [0, 0.05) is 12.5 Å². The highest BCUT2D eigenvalue weighted by Crippen LogP contribution is 2.16. The molecule has 0 spiro atoms. The predicted molar refractivity (Wildman–Crippen MR) is 81.8 cm³/mol. The normalized spacial score (nSPS) is 14.8. The molecule has 0 saturated heterocycles. The first-order valence-electron chi connectivity index (χ1n) is 8.19. The summed E-state index contributed by atoms with van der Waals surface area (Å²) in [6.45, 7) is 4.25. The minimum absolute atomic E-state index is 0.103. The van der Waals surface area contributed by atoms with E-state index in [1.807, 2.05) is 6.92 Å². The molecule has 0 aliphatic rings. The minimum atomic E-state index is -1.22. The molecule has 0 aromatic carbocycles. The van der Waals surface area contributed by atoms with E-state index in [2.05, 4.69) is 6.92 Å². The van der Waals surface area contributed by atoms with E-state index in [1.165, 1.54) is 57.8 Å². The summed E-state index contributed by atoms with van der Waals surface area (Å²) in [5.41, 5.74) is 6.04. The van der Waals surface area contributed by atoms with E-state index in [0.717, 1.165) is 6.42 Å². The maximum atomic E-state index is 8.90. The number of rotatable bonds is 13. The van der Waals surface area contributed by atoms with E-state index < -0.39 is 6.29 Å². The van der Waals surface area contributed by atoms with Crippen LogP contribution in [0.1, 0.15) is 84.5 Å². The molecule has 0 aromatic rings. The number of hydrogen-bond acceptors (Lipinski definition) is 3. The van der Waals surface area contributed by atoms with Gasteiger partial charge in [-0.05, 0) is 12.3 Å². The van der Waals surface area contributed by atoms with Crippen molar-refractivity contribution in [2.75, 3.05) is 0 Å². The number of aliphatic hydroxyl groups excluding tert-OH is 1. The molecule has 0 fully saturated rings. The van der Waals surface area contributed by atoms with Crippen molar-refractivity contribution in [3.63, 3.8) is 0 Å². The largest absolute Gasteiger partial charge is 0.368 e. The molecular weight excluding hydrogens is 238 g/mol. The van der Waals surface area contributed by atoms with Crippen LogP contribution in [0.5, 0.6) is 0 Å². The number of hydrogen-bond donors (Lipinski definition) is 3. The highest BCUT2D eigenvalue weighted by Gasteiger charge is 2.15. The second kappa shape index (κ2) is 12.9. The van der Waals surface area contributed by atoms with Gasteiger partial charge in [0.15, 0.2) is 6.29 Å². The zero-order valence-electron chi connectivity index (χ0n) is 13.0. The SMILES string of the molecule is CCCCCCCCCCCC(N)C(C)CC(O)O. The Balaban J connectivity index is 3.29. The standard InChI is InChI=1S/C16H35NO2/c1-3-4-5-6-7-8-9-10-11-12-15(17)14(2)13-16(18)19/h14-16,18-19H,3-13,17H2,1-2H3. The number of aliphatic hydroxyl groups is 2. The smallest absolute Gasteiger partial charge is 0.151 e. The first-order valence-corrected chi connectivity index (χ1v) is 8.19. The fraction of sp³-hybridized carbons (Fsp3) is 1.00. The van der Waals surface area contributed by atoms with E-state index in [1.54, 1.807) is 0 Å². The molecule has 2 atom stereocenters. The maximum Gasteiger partial charge on any atom is 0.151 e. The Labute approximate surface area is 119 Å². The van der Waals surface area contributed by atoms with E-state index >= 15 is 0 Å². The number of nitrogens with two attached hydrogens (primary N) is 1. The van der Waals surface area contributed by atoms with Gasteiger partial charge in [0.2, 0.25) is 0 Å². The third-order valence-electron chi connectivity index (χ3n) is 3.95. The second-order valence-electron chi connectivity index (χ2n) is 5.97. The highest BCUT2D eigenvalue weighted by molar-refractivity contribution is 4.69. The van der Waals surface area contributed by atoms with Gasteiger partial charge in [0.25, 0.3) is 0 Å². The monoisotopic (exact) mass is 273 g/mol. The van der Waals surface area contributed by atoms with Crippen molar-refractivity contribution in [2.45, 2.75) is 96.8 Å². The van der Waals surface area contributed by atoms with Crippen LogP contribution in [0.15, 0.2) is 0 Å².